The van der Waals surface area contributed by atoms with E-state index in [4.69, 9.17) is 4.74 Å². The zero-order valence-electron chi connectivity index (χ0n) is 13.9. The number of hydrogen-bond donors (Lipinski definition) is 0. The van der Waals surface area contributed by atoms with E-state index in [-0.39, 0.29) is 0 Å². The van der Waals surface area contributed by atoms with E-state index in [1.165, 1.54) is 49.6 Å². The van der Waals surface area contributed by atoms with Crippen LogP contribution < -0.4 is 4.74 Å². The van der Waals surface area contributed by atoms with Crippen molar-refractivity contribution in [1.29, 1.82) is 0 Å². The predicted octanol–water partition coefficient (Wildman–Crippen LogP) is 3.51. The lowest BCUT2D eigenvalue weighted by molar-refractivity contribution is 0.153. The molecule has 0 unspecified atom stereocenters. The monoisotopic (exact) mass is 330 g/mol. The lowest BCUT2D eigenvalue weighted by atomic mass is 10.1. The lowest BCUT2D eigenvalue weighted by Crippen LogP contribution is -2.44. The van der Waals surface area contributed by atoms with E-state index < -0.39 is 0 Å². The van der Waals surface area contributed by atoms with Gasteiger partial charge >= 0.3 is 0 Å². The van der Waals surface area contributed by atoms with Crippen molar-refractivity contribution < 1.29 is 4.74 Å². The zero-order chi connectivity index (χ0) is 15.9. The number of ether oxygens (including phenoxy) is 1. The second-order valence-electron chi connectivity index (χ2n) is 6.26. The number of thiophene rings is 1. The minimum absolute atomic E-state index is 0.669. The molecule has 0 atom stereocenters. The summed E-state index contributed by atoms with van der Waals surface area (Å²) in [6, 6.07) is 12.7. The SMILES string of the molecule is CN1CCN(CCCc2cccc(OCc3cccs3)c2)CC1. The Hall–Kier alpha value is -1.36. The van der Waals surface area contributed by atoms with Gasteiger partial charge in [0.2, 0.25) is 0 Å². The Balaban J connectivity index is 1.42. The average molecular weight is 330 g/mol. The van der Waals surface area contributed by atoms with Gasteiger partial charge in [0, 0.05) is 31.1 Å². The van der Waals surface area contributed by atoms with Gasteiger partial charge in [0.15, 0.2) is 0 Å². The highest BCUT2D eigenvalue weighted by molar-refractivity contribution is 7.09. The van der Waals surface area contributed by atoms with Crippen molar-refractivity contribution in [3.8, 4) is 5.75 Å². The summed E-state index contributed by atoms with van der Waals surface area (Å²) in [5, 5.41) is 2.09. The summed E-state index contributed by atoms with van der Waals surface area (Å²) in [7, 11) is 2.21. The number of rotatable bonds is 7. The Morgan fingerprint density at radius 3 is 2.74 bits per heavy atom. The average Bonchev–Trinajstić information content (AvgIpc) is 3.09. The number of hydrogen-bond acceptors (Lipinski definition) is 4. The molecule has 124 valence electrons. The van der Waals surface area contributed by atoms with Crippen LogP contribution in [0.2, 0.25) is 0 Å². The number of benzene rings is 1. The van der Waals surface area contributed by atoms with Crippen molar-refractivity contribution in [1.82, 2.24) is 9.80 Å². The topological polar surface area (TPSA) is 15.7 Å². The molecule has 23 heavy (non-hydrogen) atoms. The third kappa shape index (κ3) is 5.34. The van der Waals surface area contributed by atoms with Crippen molar-refractivity contribution >= 4 is 11.3 Å². The molecule has 4 heteroatoms. The number of piperazine rings is 1. The van der Waals surface area contributed by atoms with Crippen molar-refractivity contribution in [2.24, 2.45) is 0 Å². The molecule has 1 aliphatic heterocycles. The van der Waals surface area contributed by atoms with Crippen molar-refractivity contribution in [3.63, 3.8) is 0 Å². The van der Waals surface area contributed by atoms with Crippen LogP contribution in [0.5, 0.6) is 5.75 Å². The standard InChI is InChI=1S/C19H26N2OS/c1-20-10-12-21(13-11-20)9-3-6-17-5-2-7-18(15-17)22-16-19-8-4-14-23-19/h2,4-5,7-8,14-15H,3,6,9-13,16H2,1H3. The van der Waals surface area contributed by atoms with E-state index in [0.29, 0.717) is 6.61 Å². The maximum atomic E-state index is 5.89. The normalized spacial score (nSPS) is 16.6. The minimum Gasteiger partial charge on any atom is -0.488 e. The lowest BCUT2D eigenvalue weighted by Gasteiger charge is -2.32. The summed E-state index contributed by atoms with van der Waals surface area (Å²) in [6.45, 7) is 6.69. The first-order valence-corrected chi connectivity index (χ1v) is 9.32. The summed E-state index contributed by atoms with van der Waals surface area (Å²) < 4.78 is 5.89. The van der Waals surface area contributed by atoms with Crippen molar-refractivity contribution in [2.45, 2.75) is 19.4 Å². The maximum absolute atomic E-state index is 5.89. The first kappa shape index (κ1) is 16.5. The Morgan fingerprint density at radius 1 is 1.09 bits per heavy atom. The molecule has 1 fully saturated rings. The Morgan fingerprint density at radius 2 is 1.96 bits per heavy atom. The highest BCUT2D eigenvalue weighted by Crippen LogP contribution is 2.18. The van der Waals surface area contributed by atoms with Gasteiger partial charge in [0.05, 0.1) is 0 Å². The number of likely N-dealkylation sites (N-methyl/N-ethyl adjacent to an activating group) is 1. The van der Waals surface area contributed by atoms with Crippen LogP contribution in [0.25, 0.3) is 0 Å². The van der Waals surface area contributed by atoms with E-state index in [1.54, 1.807) is 11.3 Å². The summed E-state index contributed by atoms with van der Waals surface area (Å²) in [5.74, 6) is 0.982. The van der Waals surface area contributed by atoms with Crippen LogP contribution in [0.4, 0.5) is 0 Å². The van der Waals surface area contributed by atoms with Crippen LogP contribution in [-0.2, 0) is 13.0 Å². The third-order valence-electron chi connectivity index (χ3n) is 4.40. The second kappa shape index (κ2) is 8.48. The summed E-state index contributed by atoms with van der Waals surface area (Å²) >= 11 is 1.74. The fourth-order valence-electron chi connectivity index (χ4n) is 2.92. The van der Waals surface area contributed by atoms with Crippen LogP contribution in [-0.4, -0.2) is 49.6 Å². The van der Waals surface area contributed by atoms with E-state index in [9.17, 15) is 0 Å². The summed E-state index contributed by atoms with van der Waals surface area (Å²) in [6.07, 6.45) is 2.35. The molecule has 0 bridgehead atoms. The summed E-state index contributed by atoms with van der Waals surface area (Å²) in [4.78, 5) is 6.26. The first-order chi connectivity index (χ1) is 11.3. The largest absolute Gasteiger partial charge is 0.488 e. The Kier molecular flexibility index (Phi) is 6.08. The molecule has 1 aromatic heterocycles. The van der Waals surface area contributed by atoms with Gasteiger partial charge in [0.1, 0.15) is 12.4 Å². The van der Waals surface area contributed by atoms with E-state index in [1.807, 2.05) is 0 Å². The zero-order valence-corrected chi connectivity index (χ0v) is 14.7. The van der Waals surface area contributed by atoms with Gasteiger partial charge in [-0.3, -0.25) is 0 Å². The Labute approximate surface area is 143 Å². The molecule has 0 radical (unpaired) electrons. The van der Waals surface area contributed by atoms with E-state index >= 15 is 0 Å². The van der Waals surface area contributed by atoms with Gasteiger partial charge in [0.25, 0.3) is 0 Å². The minimum atomic E-state index is 0.669. The molecule has 1 aliphatic rings. The maximum Gasteiger partial charge on any atom is 0.122 e. The fourth-order valence-corrected chi connectivity index (χ4v) is 3.53. The van der Waals surface area contributed by atoms with Gasteiger partial charge < -0.3 is 14.5 Å². The van der Waals surface area contributed by atoms with E-state index in [2.05, 4.69) is 58.6 Å². The third-order valence-corrected chi connectivity index (χ3v) is 5.25. The first-order valence-electron chi connectivity index (χ1n) is 8.44. The predicted molar refractivity (Wildman–Crippen MR) is 97.4 cm³/mol. The molecular formula is C19H26N2OS. The molecular weight excluding hydrogens is 304 g/mol. The van der Waals surface area contributed by atoms with Gasteiger partial charge in [-0.05, 0) is 55.6 Å². The smallest absolute Gasteiger partial charge is 0.122 e. The molecule has 0 aliphatic carbocycles. The highest BCUT2D eigenvalue weighted by Gasteiger charge is 2.12. The highest BCUT2D eigenvalue weighted by atomic mass is 32.1. The van der Waals surface area contributed by atoms with Crippen LogP contribution >= 0.6 is 11.3 Å². The van der Waals surface area contributed by atoms with E-state index in [0.717, 1.165) is 12.2 Å². The molecule has 0 N–H and O–H groups in total. The molecule has 1 saturated heterocycles. The molecule has 0 spiro atoms. The molecule has 2 aromatic rings. The molecule has 3 nitrogen and oxygen atoms in total. The molecule has 2 heterocycles. The molecule has 0 saturated carbocycles. The van der Waals surface area contributed by atoms with Gasteiger partial charge in [-0.1, -0.05) is 18.2 Å². The number of aryl methyl sites for hydroxylation is 1. The number of nitrogens with zero attached hydrogens (tertiary/aromatic N) is 2. The summed E-state index contributed by atoms with van der Waals surface area (Å²) in [5.41, 5.74) is 1.38. The van der Waals surface area contributed by atoms with Gasteiger partial charge in [-0.2, -0.15) is 0 Å². The van der Waals surface area contributed by atoms with Crippen LogP contribution in [0.3, 0.4) is 0 Å². The second-order valence-corrected chi connectivity index (χ2v) is 7.30. The van der Waals surface area contributed by atoms with Crippen molar-refractivity contribution in [3.05, 3.63) is 52.2 Å². The van der Waals surface area contributed by atoms with Crippen LogP contribution in [0.1, 0.15) is 16.9 Å². The van der Waals surface area contributed by atoms with Gasteiger partial charge in [-0.15, -0.1) is 11.3 Å². The molecule has 1 aromatic carbocycles. The Bertz CT molecular complexity index is 577. The van der Waals surface area contributed by atoms with Gasteiger partial charge in [-0.25, -0.2) is 0 Å². The molecule has 0 amide bonds. The van der Waals surface area contributed by atoms with Crippen molar-refractivity contribution in [2.75, 3.05) is 39.8 Å². The van der Waals surface area contributed by atoms with Crippen LogP contribution in [0.15, 0.2) is 41.8 Å². The fraction of sp³-hybridized carbons (Fsp3) is 0.474. The quantitative estimate of drug-likeness (QED) is 0.773. The molecule has 3 rings (SSSR count). The van der Waals surface area contributed by atoms with Crippen LogP contribution in [0, 0.1) is 0 Å².